The summed E-state index contributed by atoms with van der Waals surface area (Å²) in [6.45, 7) is 6.43. The van der Waals surface area contributed by atoms with Gasteiger partial charge >= 0.3 is 5.97 Å². The highest BCUT2D eigenvalue weighted by molar-refractivity contribution is 8.00. The van der Waals surface area contributed by atoms with Crippen molar-refractivity contribution in [1.82, 2.24) is 5.32 Å². The lowest BCUT2D eigenvalue weighted by Gasteiger charge is -2.27. The van der Waals surface area contributed by atoms with Crippen molar-refractivity contribution < 1.29 is 9.53 Å². The molecule has 0 amide bonds. The summed E-state index contributed by atoms with van der Waals surface area (Å²) in [5.74, 6) is 1.39. The van der Waals surface area contributed by atoms with Crippen molar-refractivity contribution in [3.63, 3.8) is 0 Å². The van der Waals surface area contributed by atoms with Crippen LogP contribution in [0.1, 0.15) is 33.6 Å². The minimum Gasteiger partial charge on any atom is -0.468 e. The Hall–Kier alpha value is -0.220. The Bertz CT molecular complexity index is 235. The van der Waals surface area contributed by atoms with Crippen LogP contribution in [0.3, 0.4) is 0 Å². The van der Waals surface area contributed by atoms with Crippen LogP contribution in [0, 0.1) is 5.92 Å². The molecule has 3 nitrogen and oxygen atoms in total. The first-order valence-electron chi connectivity index (χ1n) is 6.05. The number of hydrogen-bond donors (Lipinski definition) is 1. The van der Waals surface area contributed by atoms with Crippen LogP contribution < -0.4 is 5.32 Å². The number of carbonyl (C=O) groups excluding carboxylic acids is 1. The van der Waals surface area contributed by atoms with E-state index < -0.39 is 0 Å². The van der Waals surface area contributed by atoms with Crippen molar-refractivity contribution in [2.75, 3.05) is 12.9 Å². The van der Waals surface area contributed by atoms with Crippen molar-refractivity contribution in [1.29, 1.82) is 0 Å². The van der Waals surface area contributed by atoms with E-state index in [1.807, 2.05) is 11.8 Å². The van der Waals surface area contributed by atoms with Gasteiger partial charge in [0.15, 0.2) is 0 Å². The molecular weight excluding hydrogens is 222 g/mol. The van der Waals surface area contributed by atoms with Gasteiger partial charge in [-0.15, -0.1) is 0 Å². The highest BCUT2D eigenvalue weighted by Gasteiger charge is 2.31. The zero-order chi connectivity index (χ0) is 12.1. The van der Waals surface area contributed by atoms with Crippen LogP contribution >= 0.6 is 11.8 Å². The van der Waals surface area contributed by atoms with Crippen LogP contribution in [-0.4, -0.2) is 36.2 Å². The number of hydrogen-bond acceptors (Lipinski definition) is 4. The largest absolute Gasteiger partial charge is 0.468 e. The maximum Gasteiger partial charge on any atom is 0.323 e. The zero-order valence-corrected chi connectivity index (χ0v) is 11.5. The summed E-state index contributed by atoms with van der Waals surface area (Å²) in [6, 6.07) is 0.296. The molecule has 0 bridgehead atoms. The van der Waals surface area contributed by atoms with Crippen LogP contribution in [0.2, 0.25) is 0 Å². The molecule has 4 atom stereocenters. The van der Waals surface area contributed by atoms with Gasteiger partial charge in [0, 0.05) is 11.3 Å². The Morgan fingerprint density at radius 3 is 2.75 bits per heavy atom. The number of esters is 1. The lowest BCUT2D eigenvalue weighted by Crippen LogP contribution is -2.49. The van der Waals surface area contributed by atoms with Gasteiger partial charge in [-0.1, -0.05) is 27.2 Å². The first kappa shape index (κ1) is 13.8. The molecule has 4 heteroatoms. The second-order valence-corrected chi connectivity index (χ2v) is 6.01. The highest BCUT2D eigenvalue weighted by Crippen LogP contribution is 2.27. The van der Waals surface area contributed by atoms with E-state index in [1.165, 1.54) is 12.9 Å². The number of carbonyl (C=O) groups is 1. The second kappa shape index (κ2) is 6.50. The van der Waals surface area contributed by atoms with E-state index >= 15 is 0 Å². The average molecular weight is 245 g/mol. The molecule has 0 aromatic rings. The van der Waals surface area contributed by atoms with E-state index in [0.717, 1.165) is 12.8 Å². The summed E-state index contributed by atoms with van der Waals surface area (Å²) < 4.78 is 4.87. The molecule has 1 aliphatic rings. The highest BCUT2D eigenvalue weighted by atomic mass is 32.2. The number of ether oxygens (including phenoxy) is 1. The predicted octanol–water partition coefficient (Wildman–Crippen LogP) is 2.06. The van der Waals surface area contributed by atoms with Gasteiger partial charge in [0.25, 0.3) is 0 Å². The van der Waals surface area contributed by atoms with E-state index in [1.54, 1.807) is 0 Å². The predicted molar refractivity (Wildman–Crippen MR) is 68.7 cm³/mol. The number of thioether (sulfide) groups is 1. The number of rotatable bonds is 5. The summed E-state index contributed by atoms with van der Waals surface area (Å²) in [6.07, 6.45) is 2.14. The molecule has 1 N–H and O–H groups in total. The molecule has 4 unspecified atom stereocenters. The normalized spacial score (nSPS) is 28.8. The molecule has 0 aliphatic carbocycles. The fraction of sp³-hybridized carbons (Fsp3) is 0.917. The minimum atomic E-state index is -0.152. The van der Waals surface area contributed by atoms with Crippen LogP contribution in [0.25, 0.3) is 0 Å². The number of methoxy groups -OCH3 is 1. The van der Waals surface area contributed by atoms with Crippen molar-refractivity contribution in [2.24, 2.45) is 5.92 Å². The Morgan fingerprint density at radius 1 is 1.62 bits per heavy atom. The van der Waals surface area contributed by atoms with Crippen LogP contribution in [0.15, 0.2) is 0 Å². The first-order valence-corrected chi connectivity index (χ1v) is 7.10. The molecule has 0 aromatic carbocycles. The van der Waals surface area contributed by atoms with Crippen LogP contribution in [0.4, 0.5) is 0 Å². The maximum atomic E-state index is 11.7. The van der Waals surface area contributed by atoms with Gasteiger partial charge in [0.1, 0.15) is 6.04 Å². The lowest BCUT2D eigenvalue weighted by atomic mass is 9.97. The maximum absolute atomic E-state index is 11.7. The van der Waals surface area contributed by atoms with Gasteiger partial charge in [-0.2, -0.15) is 11.8 Å². The van der Waals surface area contributed by atoms with Gasteiger partial charge < -0.3 is 10.1 Å². The molecule has 1 fully saturated rings. The summed E-state index contributed by atoms with van der Waals surface area (Å²) in [7, 11) is 1.46. The van der Waals surface area contributed by atoms with E-state index in [-0.39, 0.29) is 12.0 Å². The Kier molecular flexibility index (Phi) is 5.62. The standard InChI is InChI=1S/C12H23NO2S/c1-5-8(2)11(12(14)15-4)13-10-6-7-16-9(10)3/h8-11,13H,5-7H2,1-4H3. The average Bonchev–Trinajstić information content (AvgIpc) is 2.69. The zero-order valence-electron chi connectivity index (χ0n) is 10.7. The first-order chi connectivity index (χ1) is 7.60. The second-order valence-electron chi connectivity index (χ2n) is 4.52. The molecule has 0 spiro atoms. The molecule has 94 valence electrons. The molecule has 0 saturated carbocycles. The Balaban J connectivity index is 2.59. The molecular formula is C12H23NO2S. The van der Waals surface area contributed by atoms with Gasteiger partial charge in [-0.3, -0.25) is 4.79 Å². The van der Waals surface area contributed by atoms with Gasteiger partial charge in [0.05, 0.1) is 7.11 Å². The van der Waals surface area contributed by atoms with E-state index in [9.17, 15) is 4.79 Å². The fourth-order valence-electron chi connectivity index (χ4n) is 2.01. The molecule has 16 heavy (non-hydrogen) atoms. The van der Waals surface area contributed by atoms with E-state index in [4.69, 9.17) is 4.74 Å². The van der Waals surface area contributed by atoms with Gasteiger partial charge in [-0.25, -0.2) is 0 Å². The Labute approximate surface area is 103 Å². The van der Waals surface area contributed by atoms with E-state index in [2.05, 4.69) is 26.1 Å². The summed E-state index contributed by atoms with van der Waals surface area (Å²) in [4.78, 5) is 11.7. The molecule has 1 heterocycles. The molecule has 1 aliphatic heterocycles. The monoisotopic (exact) mass is 245 g/mol. The SMILES string of the molecule is CCC(C)C(NC1CCSC1C)C(=O)OC. The lowest BCUT2D eigenvalue weighted by molar-refractivity contribution is -0.144. The smallest absolute Gasteiger partial charge is 0.323 e. The molecule has 0 radical (unpaired) electrons. The summed E-state index contributed by atoms with van der Waals surface area (Å²) in [5, 5.41) is 4.07. The van der Waals surface area contributed by atoms with Gasteiger partial charge in [0.2, 0.25) is 0 Å². The third-order valence-electron chi connectivity index (χ3n) is 3.44. The van der Waals surface area contributed by atoms with Gasteiger partial charge in [-0.05, 0) is 18.1 Å². The van der Waals surface area contributed by atoms with Crippen molar-refractivity contribution in [3.05, 3.63) is 0 Å². The van der Waals surface area contributed by atoms with Crippen molar-refractivity contribution in [2.45, 2.75) is 50.9 Å². The molecule has 0 aromatic heterocycles. The van der Waals surface area contributed by atoms with Crippen LogP contribution in [-0.2, 0) is 9.53 Å². The van der Waals surface area contributed by atoms with Crippen LogP contribution in [0.5, 0.6) is 0 Å². The summed E-state index contributed by atoms with van der Waals surface area (Å²) in [5.41, 5.74) is 0. The van der Waals surface area contributed by atoms with E-state index in [0.29, 0.717) is 17.2 Å². The minimum absolute atomic E-state index is 0.126. The number of nitrogens with one attached hydrogen (secondary N) is 1. The van der Waals surface area contributed by atoms with Crippen molar-refractivity contribution in [3.8, 4) is 0 Å². The third-order valence-corrected chi connectivity index (χ3v) is 4.76. The quantitative estimate of drug-likeness (QED) is 0.752. The third kappa shape index (κ3) is 3.39. The Morgan fingerprint density at radius 2 is 2.31 bits per heavy atom. The molecule has 1 saturated heterocycles. The topological polar surface area (TPSA) is 38.3 Å². The summed E-state index contributed by atoms with van der Waals surface area (Å²) >= 11 is 1.97. The van der Waals surface area contributed by atoms with Crippen molar-refractivity contribution >= 4 is 17.7 Å². The molecule has 1 rings (SSSR count). The fourth-order valence-corrected chi connectivity index (χ4v) is 3.22.